The predicted molar refractivity (Wildman–Crippen MR) is 107 cm³/mol. The topological polar surface area (TPSA) is 52.6 Å². The molecule has 0 radical (unpaired) electrons. The van der Waals surface area contributed by atoms with Crippen LogP contribution in [0.15, 0.2) is 52.1 Å². The van der Waals surface area contributed by atoms with Gasteiger partial charge in [-0.05, 0) is 53.0 Å². The van der Waals surface area contributed by atoms with Crippen LogP contribution >= 0.6 is 15.9 Å². The Balaban J connectivity index is 1.55. The quantitative estimate of drug-likeness (QED) is 0.610. The molecule has 1 aliphatic heterocycles. The van der Waals surface area contributed by atoms with E-state index in [1.807, 2.05) is 18.3 Å². The number of pyridine rings is 1. The fourth-order valence-corrected chi connectivity index (χ4v) is 3.60. The van der Waals surface area contributed by atoms with Crippen LogP contribution in [0.3, 0.4) is 0 Å². The summed E-state index contributed by atoms with van der Waals surface area (Å²) in [6.45, 7) is 4.75. The summed E-state index contributed by atoms with van der Waals surface area (Å²) in [5, 5.41) is 6.90. The molecule has 2 N–H and O–H groups in total. The lowest BCUT2D eigenvalue weighted by atomic mass is 10.2. The predicted octanol–water partition coefficient (Wildman–Crippen LogP) is 3.10. The third kappa shape index (κ3) is 4.51. The molecule has 6 heteroatoms. The molecule has 25 heavy (non-hydrogen) atoms. The van der Waals surface area contributed by atoms with Crippen LogP contribution in [-0.4, -0.2) is 37.1 Å². The largest absolute Gasteiger partial charge is 0.368 e. The van der Waals surface area contributed by atoms with Gasteiger partial charge in [-0.2, -0.15) is 0 Å². The number of aryl methyl sites for hydroxylation is 1. The Morgan fingerprint density at radius 1 is 1.32 bits per heavy atom. The van der Waals surface area contributed by atoms with Crippen LogP contribution < -0.4 is 15.5 Å². The number of hydrogen-bond donors (Lipinski definition) is 2. The zero-order valence-electron chi connectivity index (χ0n) is 14.7. The number of halogens is 1. The zero-order valence-corrected chi connectivity index (χ0v) is 16.3. The SMILES string of the molecule is CN=C(NCc1ncccc1C)NC1CCN(c2ccccc2Br)C1. The fourth-order valence-electron chi connectivity index (χ4n) is 3.06. The van der Waals surface area contributed by atoms with Crippen LogP contribution in [0.4, 0.5) is 5.69 Å². The summed E-state index contributed by atoms with van der Waals surface area (Å²) in [6, 6.07) is 12.8. The van der Waals surface area contributed by atoms with Crippen LogP contribution in [-0.2, 0) is 6.54 Å². The first-order chi connectivity index (χ1) is 12.2. The van der Waals surface area contributed by atoms with Gasteiger partial charge >= 0.3 is 0 Å². The Kier molecular flexibility index (Phi) is 5.91. The zero-order chi connectivity index (χ0) is 17.6. The van der Waals surface area contributed by atoms with Gasteiger partial charge in [-0.25, -0.2) is 0 Å². The first kappa shape index (κ1) is 17.7. The van der Waals surface area contributed by atoms with Gasteiger partial charge in [-0.3, -0.25) is 9.98 Å². The Bertz CT molecular complexity index is 746. The minimum absolute atomic E-state index is 0.378. The maximum absolute atomic E-state index is 4.42. The summed E-state index contributed by atoms with van der Waals surface area (Å²) in [6.07, 6.45) is 2.91. The van der Waals surface area contributed by atoms with Gasteiger partial charge in [0.25, 0.3) is 0 Å². The van der Waals surface area contributed by atoms with Crippen molar-refractivity contribution in [1.82, 2.24) is 15.6 Å². The van der Waals surface area contributed by atoms with Gasteiger partial charge in [0, 0.05) is 36.8 Å². The average Bonchev–Trinajstić information content (AvgIpc) is 3.08. The van der Waals surface area contributed by atoms with Gasteiger partial charge in [-0.15, -0.1) is 0 Å². The van der Waals surface area contributed by atoms with Crippen molar-refractivity contribution in [3.05, 3.63) is 58.3 Å². The molecule has 1 aromatic heterocycles. The summed E-state index contributed by atoms with van der Waals surface area (Å²) in [4.78, 5) is 11.2. The van der Waals surface area contributed by atoms with Gasteiger partial charge in [-0.1, -0.05) is 18.2 Å². The van der Waals surface area contributed by atoms with Crippen molar-refractivity contribution in [3.8, 4) is 0 Å². The molecular weight excluding hydrogens is 378 g/mol. The highest BCUT2D eigenvalue weighted by Crippen LogP contribution is 2.28. The Hall–Kier alpha value is -2.08. The van der Waals surface area contributed by atoms with Crippen LogP contribution in [0.1, 0.15) is 17.7 Å². The molecular formula is C19H24BrN5. The number of aromatic nitrogens is 1. The van der Waals surface area contributed by atoms with Crippen molar-refractivity contribution in [1.29, 1.82) is 0 Å². The summed E-state index contributed by atoms with van der Waals surface area (Å²) < 4.78 is 1.14. The summed E-state index contributed by atoms with van der Waals surface area (Å²) in [5.74, 6) is 0.823. The lowest BCUT2D eigenvalue weighted by molar-refractivity contribution is 0.646. The molecule has 0 spiro atoms. The number of rotatable bonds is 4. The normalized spacial score (nSPS) is 17.6. The lowest BCUT2D eigenvalue weighted by Gasteiger charge is -2.21. The highest BCUT2D eigenvalue weighted by atomic mass is 79.9. The first-order valence-electron chi connectivity index (χ1n) is 8.54. The van der Waals surface area contributed by atoms with E-state index in [4.69, 9.17) is 0 Å². The lowest BCUT2D eigenvalue weighted by Crippen LogP contribution is -2.44. The number of hydrogen-bond acceptors (Lipinski definition) is 3. The van der Waals surface area contributed by atoms with Gasteiger partial charge in [0.15, 0.2) is 5.96 Å². The third-order valence-corrected chi connectivity index (χ3v) is 5.16. The number of anilines is 1. The van der Waals surface area contributed by atoms with E-state index < -0.39 is 0 Å². The van der Waals surface area contributed by atoms with Crippen molar-refractivity contribution in [2.45, 2.75) is 25.9 Å². The minimum atomic E-state index is 0.378. The molecule has 0 bridgehead atoms. The number of nitrogens with zero attached hydrogens (tertiary/aromatic N) is 3. The maximum Gasteiger partial charge on any atom is 0.191 e. The molecule has 0 aliphatic carbocycles. The van der Waals surface area contributed by atoms with Crippen molar-refractivity contribution in [3.63, 3.8) is 0 Å². The van der Waals surface area contributed by atoms with Crippen LogP contribution in [0, 0.1) is 6.92 Å². The molecule has 1 saturated heterocycles. The van der Waals surface area contributed by atoms with Crippen LogP contribution in [0.5, 0.6) is 0 Å². The number of nitrogens with one attached hydrogen (secondary N) is 2. The smallest absolute Gasteiger partial charge is 0.191 e. The van der Waals surface area contributed by atoms with Gasteiger partial charge in [0.2, 0.25) is 0 Å². The monoisotopic (exact) mass is 401 g/mol. The molecule has 0 saturated carbocycles. The van der Waals surface area contributed by atoms with E-state index in [9.17, 15) is 0 Å². The molecule has 0 amide bonds. The Morgan fingerprint density at radius 3 is 2.92 bits per heavy atom. The number of benzene rings is 1. The summed E-state index contributed by atoms with van der Waals surface area (Å²) in [5.41, 5.74) is 3.48. The maximum atomic E-state index is 4.42. The van der Waals surface area contributed by atoms with E-state index in [0.717, 1.165) is 35.6 Å². The second-order valence-electron chi connectivity index (χ2n) is 6.22. The highest BCUT2D eigenvalue weighted by Gasteiger charge is 2.24. The molecule has 5 nitrogen and oxygen atoms in total. The van der Waals surface area contributed by atoms with Crippen molar-refractivity contribution < 1.29 is 0 Å². The third-order valence-electron chi connectivity index (χ3n) is 4.49. The molecule has 1 aromatic carbocycles. The molecule has 1 unspecified atom stereocenters. The average molecular weight is 402 g/mol. The summed E-state index contributed by atoms with van der Waals surface area (Å²) >= 11 is 3.64. The first-order valence-corrected chi connectivity index (χ1v) is 9.34. The molecule has 2 aromatic rings. The van der Waals surface area contributed by atoms with Crippen molar-refractivity contribution >= 4 is 27.6 Å². The van der Waals surface area contributed by atoms with Crippen LogP contribution in [0.25, 0.3) is 0 Å². The van der Waals surface area contributed by atoms with Gasteiger partial charge in [0.05, 0.1) is 17.9 Å². The van der Waals surface area contributed by atoms with E-state index in [-0.39, 0.29) is 0 Å². The molecule has 1 atom stereocenters. The van der Waals surface area contributed by atoms with Gasteiger partial charge < -0.3 is 15.5 Å². The second kappa shape index (κ2) is 8.34. The highest BCUT2D eigenvalue weighted by molar-refractivity contribution is 9.10. The van der Waals surface area contributed by atoms with E-state index in [0.29, 0.717) is 12.6 Å². The molecule has 1 fully saturated rings. The van der Waals surface area contributed by atoms with Crippen molar-refractivity contribution in [2.75, 3.05) is 25.0 Å². The minimum Gasteiger partial charge on any atom is -0.368 e. The number of para-hydroxylation sites is 1. The van der Waals surface area contributed by atoms with E-state index in [1.165, 1.54) is 11.3 Å². The van der Waals surface area contributed by atoms with E-state index >= 15 is 0 Å². The fraction of sp³-hybridized carbons (Fsp3) is 0.368. The molecule has 2 heterocycles. The van der Waals surface area contributed by atoms with E-state index in [1.54, 1.807) is 7.05 Å². The number of aliphatic imine (C=N–C) groups is 1. The summed E-state index contributed by atoms with van der Waals surface area (Å²) in [7, 11) is 1.81. The van der Waals surface area contributed by atoms with E-state index in [2.05, 4.69) is 72.6 Å². The van der Waals surface area contributed by atoms with Crippen molar-refractivity contribution in [2.24, 2.45) is 4.99 Å². The molecule has 1 aliphatic rings. The van der Waals surface area contributed by atoms with Crippen LogP contribution in [0.2, 0.25) is 0 Å². The Morgan fingerprint density at radius 2 is 2.16 bits per heavy atom. The molecule has 132 valence electrons. The molecule has 3 rings (SSSR count). The Labute approximate surface area is 157 Å². The number of guanidine groups is 1. The second-order valence-corrected chi connectivity index (χ2v) is 7.07. The standard InChI is InChI=1S/C19H24BrN5/c1-14-6-5-10-22-17(14)12-23-19(21-2)24-15-9-11-25(13-15)18-8-4-3-7-16(18)20/h3-8,10,15H,9,11-13H2,1-2H3,(H2,21,23,24). The van der Waals surface area contributed by atoms with Gasteiger partial charge in [0.1, 0.15) is 0 Å².